The second kappa shape index (κ2) is 10.1. The fraction of sp³-hybridized carbons (Fsp3) is 0.524. The number of para-hydroxylation sites is 1. The van der Waals surface area contributed by atoms with Crippen molar-refractivity contribution < 1.29 is 19.3 Å². The average Bonchev–Trinajstić information content (AvgIpc) is 2.67. The van der Waals surface area contributed by atoms with Crippen molar-refractivity contribution in [1.29, 1.82) is 0 Å². The summed E-state index contributed by atoms with van der Waals surface area (Å²) >= 11 is 0. The summed E-state index contributed by atoms with van der Waals surface area (Å²) in [6.45, 7) is 11.4. The molecule has 0 saturated carbocycles. The molecule has 1 aromatic heterocycles. The van der Waals surface area contributed by atoms with E-state index in [0.717, 1.165) is 0 Å². The highest BCUT2D eigenvalue weighted by atomic mass is 28.4. The van der Waals surface area contributed by atoms with Gasteiger partial charge >= 0.3 is 11.8 Å². The first-order chi connectivity index (χ1) is 14.4. The molecule has 1 aromatic carbocycles. The summed E-state index contributed by atoms with van der Waals surface area (Å²) in [5, 5.41) is 26.8. The van der Waals surface area contributed by atoms with Crippen molar-refractivity contribution in [2.24, 2.45) is 0 Å². The van der Waals surface area contributed by atoms with Crippen LogP contribution in [-0.2, 0) is 4.43 Å². The number of nitro groups is 1. The van der Waals surface area contributed by atoms with Crippen molar-refractivity contribution in [3.8, 4) is 0 Å². The van der Waals surface area contributed by atoms with Gasteiger partial charge in [0.1, 0.15) is 11.9 Å². The van der Waals surface area contributed by atoms with Gasteiger partial charge in [-0.2, -0.15) is 0 Å². The second-order valence-electron chi connectivity index (χ2n) is 9.08. The minimum absolute atomic E-state index is 0.0256. The van der Waals surface area contributed by atoms with E-state index in [1.54, 1.807) is 6.07 Å². The molecule has 1 atom stereocenters. The number of amides is 1. The number of hydrogen-bond donors (Lipinski definition) is 3. The van der Waals surface area contributed by atoms with Gasteiger partial charge in [0.25, 0.3) is 0 Å². The first-order valence-electron chi connectivity index (χ1n) is 10.3. The van der Waals surface area contributed by atoms with E-state index in [1.165, 1.54) is 6.20 Å². The normalized spacial score (nSPS) is 13.1. The maximum absolute atomic E-state index is 11.7. The van der Waals surface area contributed by atoms with Crippen LogP contribution in [0.15, 0.2) is 30.5 Å². The molecule has 1 amide bonds. The smallest absolute Gasteiger partial charge is 0.404 e. The highest BCUT2D eigenvalue weighted by Crippen LogP contribution is 2.37. The van der Waals surface area contributed by atoms with E-state index in [1.807, 2.05) is 18.2 Å². The van der Waals surface area contributed by atoms with Gasteiger partial charge < -0.3 is 20.2 Å². The Labute approximate surface area is 183 Å². The van der Waals surface area contributed by atoms with Gasteiger partial charge in [0.05, 0.1) is 17.0 Å². The summed E-state index contributed by atoms with van der Waals surface area (Å²) in [6, 6.07) is 7.03. The summed E-state index contributed by atoms with van der Waals surface area (Å²) in [5.41, 5.74) is 0.970. The van der Waals surface area contributed by atoms with Gasteiger partial charge in [0, 0.05) is 18.0 Å². The third-order valence-electron chi connectivity index (χ3n) is 5.76. The third-order valence-corrected chi connectivity index (χ3v) is 10.3. The fourth-order valence-corrected chi connectivity index (χ4v) is 3.94. The number of hydrogen-bond acceptors (Lipinski definition) is 6. The van der Waals surface area contributed by atoms with Crippen LogP contribution in [0.25, 0.3) is 10.9 Å². The molecule has 10 heteroatoms. The van der Waals surface area contributed by atoms with Gasteiger partial charge in [-0.05, 0) is 37.0 Å². The standard InChI is InChI=1S/C21H32N4O5Si/c1-21(2,3)31(4,5)30-14-15(9-8-12-22-20(26)27)24-19-16-10-6-7-11-17(16)23-13-18(19)25(28)29/h6-7,10-11,13,15,22H,8-9,12,14H2,1-5H3,(H,23,24)(H,26,27)/t15-/m0/s1. The van der Waals surface area contributed by atoms with E-state index < -0.39 is 19.3 Å². The van der Waals surface area contributed by atoms with E-state index in [0.29, 0.717) is 42.6 Å². The molecule has 1 heterocycles. The molecule has 3 N–H and O–H groups in total. The zero-order valence-corrected chi connectivity index (χ0v) is 19.8. The summed E-state index contributed by atoms with van der Waals surface area (Å²) < 4.78 is 6.37. The number of pyridine rings is 1. The largest absolute Gasteiger partial charge is 0.465 e. The van der Waals surface area contributed by atoms with Crippen LogP contribution in [0, 0.1) is 10.1 Å². The number of nitrogens with one attached hydrogen (secondary N) is 2. The number of fused-ring (bicyclic) bond motifs is 1. The molecule has 0 aliphatic carbocycles. The Morgan fingerprint density at radius 2 is 2.00 bits per heavy atom. The Balaban J connectivity index is 2.30. The molecule has 2 rings (SSSR count). The van der Waals surface area contributed by atoms with Gasteiger partial charge in [-0.3, -0.25) is 10.1 Å². The molecule has 0 saturated heterocycles. The number of rotatable bonds is 10. The summed E-state index contributed by atoms with van der Waals surface area (Å²) in [4.78, 5) is 26.2. The summed E-state index contributed by atoms with van der Waals surface area (Å²) in [7, 11) is -2.04. The van der Waals surface area contributed by atoms with Crippen molar-refractivity contribution in [2.45, 2.75) is 57.8 Å². The van der Waals surface area contributed by atoms with Crippen molar-refractivity contribution in [1.82, 2.24) is 10.3 Å². The zero-order chi connectivity index (χ0) is 23.2. The summed E-state index contributed by atoms with van der Waals surface area (Å²) in [6.07, 6.45) is 1.35. The van der Waals surface area contributed by atoms with Gasteiger partial charge in [-0.25, -0.2) is 9.78 Å². The minimum atomic E-state index is -2.04. The molecule has 0 bridgehead atoms. The molecule has 0 unspecified atom stereocenters. The third kappa shape index (κ3) is 6.63. The highest BCUT2D eigenvalue weighted by Gasteiger charge is 2.37. The maximum atomic E-state index is 11.7. The SMILES string of the molecule is CC(C)(C)[Si](C)(C)OC[C@H](CCCNC(=O)O)Nc1c([N+](=O)[O-])cnc2ccccc12. The Kier molecular flexibility index (Phi) is 7.96. The Morgan fingerprint density at radius 1 is 1.32 bits per heavy atom. The van der Waals surface area contributed by atoms with Crippen LogP contribution < -0.4 is 10.6 Å². The van der Waals surface area contributed by atoms with Crippen molar-refractivity contribution in [2.75, 3.05) is 18.5 Å². The molecule has 9 nitrogen and oxygen atoms in total. The lowest BCUT2D eigenvalue weighted by molar-refractivity contribution is -0.384. The Hall–Kier alpha value is -2.72. The minimum Gasteiger partial charge on any atom is -0.465 e. The molecule has 31 heavy (non-hydrogen) atoms. The molecule has 0 radical (unpaired) electrons. The lowest BCUT2D eigenvalue weighted by Gasteiger charge is -2.37. The lowest BCUT2D eigenvalue weighted by atomic mass is 10.1. The van der Waals surface area contributed by atoms with Gasteiger partial charge in [-0.1, -0.05) is 39.0 Å². The second-order valence-corrected chi connectivity index (χ2v) is 13.9. The maximum Gasteiger partial charge on any atom is 0.404 e. The first-order valence-corrected chi connectivity index (χ1v) is 13.2. The molecule has 0 aliphatic heterocycles. The van der Waals surface area contributed by atoms with E-state index in [2.05, 4.69) is 49.5 Å². The van der Waals surface area contributed by atoms with Crippen LogP contribution >= 0.6 is 0 Å². The van der Waals surface area contributed by atoms with Crippen LogP contribution in [0.4, 0.5) is 16.2 Å². The van der Waals surface area contributed by atoms with Crippen LogP contribution in [0.2, 0.25) is 18.1 Å². The van der Waals surface area contributed by atoms with Crippen molar-refractivity contribution in [3.05, 3.63) is 40.6 Å². The van der Waals surface area contributed by atoms with Crippen LogP contribution in [0.5, 0.6) is 0 Å². The van der Waals surface area contributed by atoms with Crippen LogP contribution in [0.1, 0.15) is 33.6 Å². The Morgan fingerprint density at radius 3 is 2.61 bits per heavy atom. The molecule has 0 fully saturated rings. The number of aromatic nitrogens is 1. The zero-order valence-electron chi connectivity index (χ0n) is 18.8. The molecule has 0 aliphatic rings. The van der Waals surface area contributed by atoms with Crippen molar-refractivity contribution in [3.63, 3.8) is 0 Å². The Bertz CT molecular complexity index is 930. The lowest BCUT2D eigenvalue weighted by Crippen LogP contribution is -2.43. The van der Waals surface area contributed by atoms with E-state index in [9.17, 15) is 14.9 Å². The van der Waals surface area contributed by atoms with Gasteiger partial charge in [0.2, 0.25) is 0 Å². The topological polar surface area (TPSA) is 127 Å². The van der Waals surface area contributed by atoms with E-state index >= 15 is 0 Å². The number of carboxylic acid groups (broad SMARTS) is 1. The van der Waals surface area contributed by atoms with Gasteiger partial charge in [-0.15, -0.1) is 0 Å². The fourth-order valence-electron chi connectivity index (χ4n) is 2.89. The highest BCUT2D eigenvalue weighted by molar-refractivity contribution is 6.74. The molecular formula is C21H32N4O5Si. The van der Waals surface area contributed by atoms with Crippen LogP contribution in [-0.4, -0.2) is 48.6 Å². The monoisotopic (exact) mass is 448 g/mol. The van der Waals surface area contributed by atoms with E-state index in [-0.39, 0.29) is 16.8 Å². The molecule has 0 spiro atoms. The number of carbonyl (C=O) groups is 1. The summed E-state index contributed by atoms with van der Waals surface area (Å²) in [5.74, 6) is 0. The van der Waals surface area contributed by atoms with E-state index in [4.69, 9.17) is 9.53 Å². The number of nitrogens with zero attached hydrogens (tertiary/aromatic N) is 2. The predicted molar refractivity (Wildman–Crippen MR) is 124 cm³/mol. The molecule has 170 valence electrons. The first kappa shape index (κ1) is 24.5. The molecule has 2 aromatic rings. The van der Waals surface area contributed by atoms with Crippen molar-refractivity contribution >= 4 is 36.7 Å². The quantitative estimate of drug-likeness (QED) is 0.202. The average molecular weight is 449 g/mol. The number of benzene rings is 1. The predicted octanol–water partition coefficient (Wildman–Crippen LogP) is 4.99. The molecular weight excluding hydrogens is 416 g/mol. The van der Waals surface area contributed by atoms with Crippen LogP contribution in [0.3, 0.4) is 0 Å². The number of anilines is 1. The van der Waals surface area contributed by atoms with Gasteiger partial charge in [0.15, 0.2) is 8.32 Å².